The number of carbonyl (C=O) groups excluding carboxylic acids is 1. The molecule has 4 aromatic rings. The Bertz CT molecular complexity index is 1150. The molecule has 0 aliphatic rings. The van der Waals surface area contributed by atoms with E-state index in [-0.39, 0.29) is 11.7 Å². The highest BCUT2D eigenvalue weighted by atomic mass is 19.4. The summed E-state index contributed by atoms with van der Waals surface area (Å²) in [5.41, 5.74) is 2.11. The third kappa shape index (κ3) is 3.93. The quantitative estimate of drug-likeness (QED) is 0.551. The molecule has 0 fully saturated rings. The highest BCUT2D eigenvalue weighted by molar-refractivity contribution is 5.93. The van der Waals surface area contributed by atoms with Gasteiger partial charge in [-0.2, -0.15) is 18.2 Å². The van der Waals surface area contributed by atoms with Gasteiger partial charge in [0.25, 0.3) is 5.91 Å². The lowest BCUT2D eigenvalue weighted by atomic mass is 10.2. The number of amides is 1. The number of benzene rings is 1. The standard InChI is InChI=1S/C18H13F3N6O2/c19-18(20,21)17-25-15(26-29-17)11-3-4-13-14(8-11)27(10-24-13)7-6-23-16(28)12-2-1-5-22-9-12/h1-5,8-10H,6-7H2,(H,23,28). The van der Waals surface area contributed by atoms with Crippen LogP contribution in [0.1, 0.15) is 16.2 Å². The van der Waals surface area contributed by atoms with Gasteiger partial charge in [0.15, 0.2) is 0 Å². The number of nitrogens with one attached hydrogen (secondary N) is 1. The molecule has 11 heteroatoms. The van der Waals surface area contributed by atoms with Crippen molar-refractivity contribution in [1.82, 2.24) is 30.0 Å². The van der Waals surface area contributed by atoms with Gasteiger partial charge in [0.2, 0.25) is 5.82 Å². The van der Waals surface area contributed by atoms with E-state index < -0.39 is 12.1 Å². The number of pyridine rings is 1. The summed E-state index contributed by atoms with van der Waals surface area (Å²) < 4.78 is 44.0. The maximum Gasteiger partial charge on any atom is 0.471 e. The van der Waals surface area contributed by atoms with Crippen molar-refractivity contribution in [2.24, 2.45) is 0 Å². The second-order valence-electron chi connectivity index (χ2n) is 6.06. The van der Waals surface area contributed by atoms with Crippen molar-refractivity contribution >= 4 is 16.9 Å². The summed E-state index contributed by atoms with van der Waals surface area (Å²) in [6.07, 6.45) is -0.0760. The van der Waals surface area contributed by atoms with Crippen molar-refractivity contribution < 1.29 is 22.5 Å². The molecule has 0 atom stereocenters. The van der Waals surface area contributed by atoms with Crippen LogP contribution in [0.3, 0.4) is 0 Å². The number of halogens is 3. The van der Waals surface area contributed by atoms with Gasteiger partial charge in [-0.05, 0) is 30.3 Å². The van der Waals surface area contributed by atoms with E-state index in [9.17, 15) is 18.0 Å². The van der Waals surface area contributed by atoms with Gasteiger partial charge in [0.1, 0.15) is 0 Å². The summed E-state index contributed by atoms with van der Waals surface area (Å²) in [4.78, 5) is 23.6. The number of aromatic nitrogens is 5. The minimum atomic E-state index is -4.70. The zero-order valence-electron chi connectivity index (χ0n) is 14.7. The highest BCUT2D eigenvalue weighted by Crippen LogP contribution is 2.30. The molecule has 29 heavy (non-hydrogen) atoms. The second-order valence-corrected chi connectivity index (χ2v) is 6.06. The number of imidazole rings is 1. The first-order chi connectivity index (χ1) is 13.9. The number of rotatable bonds is 5. The third-order valence-corrected chi connectivity index (χ3v) is 4.11. The zero-order valence-corrected chi connectivity index (χ0v) is 14.7. The molecule has 148 valence electrons. The Morgan fingerprint density at radius 1 is 1.24 bits per heavy atom. The fourth-order valence-corrected chi connectivity index (χ4v) is 2.72. The van der Waals surface area contributed by atoms with Gasteiger partial charge in [0.05, 0.1) is 22.9 Å². The van der Waals surface area contributed by atoms with Crippen LogP contribution < -0.4 is 5.32 Å². The maximum absolute atomic E-state index is 12.7. The van der Waals surface area contributed by atoms with Crippen LogP contribution in [0.5, 0.6) is 0 Å². The fourth-order valence-electron chi connectivity index (χ4n) is 2.72. The summed E-state index contributed by atoms with van der Waals surface area (Å²) in [6, 6.07) is 8.16. The Hall–Kier alpha value is -3.76. The van der Waals surface area contributed by atoms with Gasteiger partial charge in [-0.1, -0.05) is 5.16 Å². The first kappa shape index (κ1) is 18.6. The number of fused-ring (bicyclic) bond motifs is 1. The lowest BCUT2D eigenvalue weighted by Gasteiger charge is -2.07. The molecule has 0 radical (unpaired) electrons. The van der Waals surface area contributed by atoms with Crippen LogP contribution in [0.4, 0.5) is 13.2 Å². The summed E-state index contributed by atoms with van der Waals surface area (Å²) in [6.45, 7) is 0.732. The molecule has 1 amide bonds. The zero-order chi connectivity index (χ0) is 20.4. The Morgan fingerprint density at radius 3 is 2.83 bits per heavy atom. The van der Waals surface area contributed by atoms with Gasteiger partial charge in [-0.25, -0.2) is 4.98 Å². The fraction of sp³-hybridized carbons (Fsp3) is 0.167. The number of nitrogens with zero attached hydrogens (tertiary/aromatic N) is 5. The monoisotopic (exact) mass is 402 g/mol. The smallest absolute Gasteiger partial charge is 0.350 e. The molecule has 3 aromatic heterocycles. The molecule has 0 saturated carbocycles. The van der Waals surface area contributed by atoms with Crippen LogP contribution in [0.2, 0.25) is 0 Å². The van der Waals surface area contributed by atoms with E-state index in [1.54, 1.807) is 47.4 Å². The molecule has 1 N–H and O–H groups in total. The molecule has 0 saturated heterocycles. The number of hydrogen-bond donors (Lipinski definition) is 1. The lowest BCUT2D eigenvalue weighted by molar-refractivity contribution is -0.159. The molecule has 4 rings (SSSR count). The van der Waals surface area contributed by atoms with Crippen LogP contribution in [0.15, 0.2) is 53.6 Å². The average molecular weight is 402 g/mol. The van der Waals surface area contributed by atoms with E-state index in [2.05, 4.69) is 29.9 Å². The SMILES string of the molecule is O=C(NCCn1cnc2ccc(-c3noc(C(F)(F)F)n3)cc21)c1cccnc1. The normalized spacial score (nSPS) is 11.7. The van der Waals surface area contributed by atoms with E-state index in [0.717, 1.165) is 0 Å². The highest BCUT2D eigenvalue weighted by Gasteiger charge is 2.38. The van der Waals surface area contributed by atoms with Crippen LogP contribution >= 0.6 is 0 Å². The van der Waals surface area contributed by atoms with Gasteiger partial charge in [-0.15, -0.1) is 0 Å². The van der Waals surface area contributed by atoms with Crippen molar-refractivity contribution in [3.63, 3.8) is 0 Å². The predicted molar refractivity (Wildman–Crippen MR) is 94.6 cm³/mol. The first-order valence-corrected chi connectivity index (χ1v) is 8.46. The van der Waals surface area contributed by atoms with Crippen LogP contribution in [-0.4, -0.2) is 37.1 Å². The largest absolute Gasteiger partial charge is 0.471 e. The van der Waals surface area contributed by atoms with E-state index in [0.29, 0.717) is 35.2 Å². The minimum Gasteiger partial charge on any atom is -0.350 e. The van der Waals surface area contributed by atoms with Crippen molar-refractivity contribution in [3.05, 3.63) is 60.5 Å². The lowest BCUT2D eigenvalue weighted by Crippen LogP contribution is -2.27. The molecule has 8 nitrogen and oxygen atoms in total. The summed E-state index contributed by atoms with van der Waals surface area (Å²) in [5, 5.41) is 6.17. The van der Waals surface area contributed by atoms with Crippen LogP contribution in [-0.2, 0) is 12.7 Å². The van der Waals surface area contributed by atoms with E-state index in [1.807, 2.05) is 0 Å². The van der Waals surface area contributed by atoms with E-state index >= 15 is 0 Å². The Balaban J connectivity index is 1.50. The van der Waals surface area contributed by atoms with Crippen molar-refractivity contribution in [2.45, 2.75) is 12.7 Å². The summed E-state index contributed by atoms with van der Waals surface area (Å²) in [5.74, 6) is -1.83. The molecule has 0 bridgehead atoms. The van der Waals surface area contributed by atoms with Crippen molar-refractivity contribution in [2.75, 3.05) is 6.54 Å². The number of carbonyl (C=O) groups is 1. The van der Waals surface area contributed by atoms with Gasteiger partial charge < -0.3 is 14.4 Å². The average Bonchev–Trinajstić information content (AvgIpc) is 3.36. The van der Waals surface area contributed by atoms with Gasteiger partial charge >= 0.3 is 12.1 Å². The van der Waals surface area contributed by atoms with E-state index in [4.69, 9.17) is 0 Å². The molecule has 0 unspecified atom stereocenters. The summed E-state index contributed by atoms with van der Waals surface area (Å²) in [7, 11) is 0. The minimum absolute atomic E-state index is 0.170. The summed E-state index contributed by atoms with van der Waals surface area (Å²) >= 11 is 0. The van der Waals surface area contributed by atoms with Crippen molar-refractivity contribution in [1.29, 1.82) is 0 Å². The predicted octanol–water partition coefficient (Wildman–Crippen LogP) is 2.93. The maximum atomic E-state index is 12.7. The molecule has 1 aromatic carbocycles. The Labute approximate surface area is 161 Å². The van der Waals surface area contributed by atoms with E-state index in [1.165, 1.54) is 6.20 Å². The van der Waals surface area contributed by atoms with Crippen molar-refractivity contribution in [3.8, 4) is 11.4 Å². The third-order valence-electron chi connectivity index (χ3n) is 4.11. The van der Waals surface area contributed by atoms with Crippen LogP contribution in [0.25, 0.3) is 22.4 Å². The molecule has 0 aliphatic heterocycles. The number of alkyl halides is 3. The van der Waals surface area contributed by atoms with Gasteiger partial charge in [-0.3, -0.25) is 9.78 Å². The number of hydrogen-bond acceptors (Lipinski definition) is 6. The Morgan fingerprint density at radius 2 is 2.10 bits per heavy atom. The molecule has 3 heterocycles. The van der Waals surface area contributed by atoms with Gasteiger partial charge in [0, 0.05) is 31.0 Å². The Kier molecular flexibility index (Phi) is 4.71. The second kappa shape index (κ2) is 7.34. The molecule has 0 aliphatic carbocycles. The molecular formula is C18H13F3N6O2. The van der Waals surface area contributed by atoms with Crippen LogP contribution in [0, 0.1) is 0 Å². The first-order valence-electron chi connectivity index (χ1n) is 8.46. The molecule has 0 spiro atoms. The topological polar surface area (TPSA) is 98.7 Å². The molecular weight excluding hydrogens is 389 g/mol.